The molecule has 2 N–H and O–H groups in total. The van der Waals surface area contributed by atoms with E-state index in [0.29, 0.717) is 18.0 Å². The molecule has 0 amide bonds. The number of nitrogens with zero attached hydrogens (tertiary/aromatic N) is 1. The summed E-state index contributed by atoms with van der Waals surface area (Å²) in [7, 11) is 0. The lowest BCUT2D eigenvalue weighted by Crippen LogP contribution is -2.10. The van der Waals surface area contributed by atoms with Crippen molar-refractivity contribution >= 4 is 24.2 Å². The molecule has 0 saturated carbocycles. The zero-order valence-electron chi connectivity index (χ0n) is 12.6. The van der Waals surface area contributed by atoms with Crippen LogP contribution in [-0.2, 0) is 4.74 Å². The Hall–Kier alpha value is -1.23. The summed E-state index contributed by atoms with van der Waals surface area (Å²) in [4.78, 5) is 11.8. The Morgan fingerprint density at radius 3 is 2.60 bits per heavy atom. The smallest absolute Gasteiger partial charge is 0.343 e. The number of carbonyl (C=O) groups excluding carboxylic acids is 1. The first kappa shape index (κ1) is 18.8. The average Bonchev–Trinajstić information content (AvgIpc) is 2.75. The van der Waals surface area contributed by atoms with Crippen molar-refractivity contribution in [2.24, 2.45) is 0 Å². The molecular formula is C14H26ClN3O2. The fraction of sp³-hybridized carbons (Fsp3) is 0.714. The van der Waals surface area contributed by atoms with Crippen LogP contribution >= 0.6 is 12.4 Å². The monoisotopic (exact) mass is 303 g/mol. The highest BCUT2D eigenvalue weighted by atomic mass is 35.5. The van der Waals surface area contributed by atoms with Crippen molar-refractivity contribution in [1.29, 1.82) is 0 Å². The molecule has 1 aromatic heterocycles. The second-order valence-electron chi connectivity index (χ2n) is 4.63. The van der Waals surface area contributed by atoms with Crippen molar-refractivity contribution in [3.05, 3.63) is 11.3 Å². The lowest BCUT2D eigenvalue weighted by atomic mass is 10.1. The number of anilines is 1. The van der Waals surface area contributed by atoms with Crippen LogP contribution in [-0.4, -0.2) is 29.3 Å². The Morgan fingerprint density at radius 1 is 1.25 bits per heavy atom. The number of rotatable bonds is 9. The molecule has 0 spiro atoms. The van der Waals surface area contributed by atoms with Gasteiger partial charge in [-0.2, -0.15) is 5.10 Å². The van der Waals surface area contributed by atoms with Crippen LogP contribution in [0.15, 0.2) is 0 Å². The summed E-state index contributed by atoms with van der Waals surface area (Å²) in [5, 5.41) is 10.1. The Morgan fingerprint density at radius 2 is 1.95 bits per heavy atom. The molecule has 0 fully saturated rings. The van der Waals surface area contributed by atoms with Gasteiger partial charge in [0.2, 0.25) is 0 Å². The topological polar surface area (TPSA) is 67.0 Å². The van der Waals surface area contributed by atoms with Crippen LogP contribution in [0.1, 0.15) is 62.0 Å². The molecule has 0 aliphatic heterocycles. The van der Waals surface area contributed by atoms with Gasteiger partial charge >= 0.3 is 5.97 Å². The minimum Gasteiger partial charge on any atom is -0.462 e. The van der Waals surface area contributed by atoms with E-state index in [2.05, 4.69) is 22.4 Å². The zero-order valence-corrected chi connectivity index (χ0v) is 13.4. The van der Waals surface area contributed by atoms with Crippen molar-refractivity contribution in [1.82, 2.24) is 10.2 Å². The highest BCUT2D eigenvalue weighted by Gasteiger charge is 2.18. The lowest BCUT2D eigenvalue weighted by Gasteiger charge is -2.06. The first-order chi connectivity index (χ1) is 9.20. The minimum atomic E-state index is -0.317. The number of unbranched alkanes of at least 4 members (excludes halogenated alkanes) is 4. The van der Waals surface area contributed by atoms with Crippen LogP contribution < -0.4 is 5.32 Å². The van der Waals surface area contributed by atoms with E-state index in [-0.39, 0.29) is 18.4 Å². The number of hydrogen-bond acceptors (Lipinski definition) is 4. The maximum atomic E-state index is 11.8. The molecule has 0 aromatic carbocycles. The number of H-pyrrole nitrogens is 1. The summed E-state index contributed by atoms with van der Waals surface area (Å²) >= 11 is 0. The zero-order chi connectivity index (χ0) is 14.1. The van der Waals surface area contributed by atoms with Gasteiger partial charge in [-0.25, -0.2) is 4.79 Å². The summed E-state index contributed by atoms with van der Waals surface area (Å²) in [6.45, 7) is 7.04. The number of aromatic amines is 1. The Kier molecular flexibility index (Phi) is 9.90. The molecule has 20 heavy (non-hydrogen) atoms. The van der Waals surface area contributed by atoms with Gasteiger partial charge in [0.1, 0.15) is 5.56 Å². The fourth-order valence-corrected chi connectivity index (χ4v) is 1.95. The van der Waals surface area contributed by atoms with Gasteiger partial charge in [-0.3, -0.25) is 5.10 Å². The molecule has 0 aliphatic carbocycles. The number of carbonyl (C=O) groups is 1. The van der Waals surface area contributed by atoms with Gasteiger partial charge in [-0.1, -0.05) is 32.6 Å². The second-order valence-corrected chi connectivity index (χ2v) is 4.63. The molecule has 0 atom stereocenters. The third-order valence-electron chi connectivity index (χ3n) is 3.00. The second kappa shape index (κ2) is 10.5. The first-order valence-electron chi connectivity index (χ1n) is 7.16. The van der Waals surface area contributed by atoms with Crippen LogP contribution in [0.5, 0.6) is 0 Å². The molecule has 0 saturated heterocycles. The highest BCUT2D eigenvalue weighted by molar-refractivity contribution is 5.95. The van der Waals surface area contributed by atoms with Crippen LogP contribution in [0.4, 0.5) is 5.82 Å². The van der Waals surface area contributed by atoms with E-state index in [4.69, 9.17) is 4.74 Å². The normalized spacial score (nSPS) is 9.95. The van der Waals surface area contributed by atoms with Gasteiger partial charge in [-0.05, 0) is 20.3 Å². The highest BCUT2D eigenvalue weighted by Crippen LogP contribution is 2.17. The van der Waals surface area contributed by atoms with Gasteiger partial charge in [0, 0.05) is 12.2 Å². The van der Waals surface area contributed by atoms with Crippen LogP contribution in [0, 0.1) is 6.92 Å². The third-order valence-corrected chi connectivity index (χ3v) is 3.00. The first-order valence-corrected chi connectivity index (χ1v) is 7.16. The van der Waals surface area contributed by atoms with Crippen molar-refractivity contribution in [3.8, 4) is 0 Å². The minimum absolute atomic E-state index is 0. The Labute approximate surface area is 127 Å². The van der Waals surface area contributed by atoms with Gasteiger partial charge in [0.15, 0.2) is 5.82 Å². The Bertz CT molecular complexity index is 394. The molecule has 0 bridgehead atoms. The van der Waals surface area contributed by atoms with Gasteiger partial charge in [0.05, 0.1) is 6.61 Å². The Balaban J connectivity index is 0.00000361. The molecule has 0 unspecified atom stereocenters. The number of halogens is 1. The van der Waals surface area contributed by atoms with Crippen molar-refractivity contribution in [2.45, 2.75) is 52.9 Å². The maximum absolute atomic E-state index is 11.8. The number of ether oxygens (including phenoxy) is 1. The van der Waals surface area contributed by atoms with Gasteiger partial charge < -0.3 is 10.1 Å². The SMILES string of the molecule is CCCCCCCNc1n[nH]c(C)c1C(=O)OCC.Cl. The maximum Gasteiger partial charge on any atom is 0.343 e. The van der Waals surface area contributed by atoms with Crippen LogP contribution in [0.2, 0.25) is 0 Å². The molecule has 0 aliphatic rings. The average molecular weight is 304 g/mol. The van der Waals surface area contributed by atoms with E-state index in [1.165, 1.54) is 25.7 Å². The number of nitrogens with one attached hydrogen (secondary N) is 2. The molecule has 1 rings (SSSR count). The van der Waals surface area contributed by atoms with Crippen molar-refractivity contribution in [3.63, 3.8) is 0 Å². The summed E-state index contributed by atoms with van der Waals surface area (Å²) < 4.78 is 5.03. The van der Waals surface area contributed by atoms with E-state index in [1.54, 1.807) is 6.92 Å². The third kappa shape index (κ3) is 5.82. The van der Waals surface area contributed by atoms with Crippen molar-refractivity contribution in [2.75, 3.05) is 18.5 Å². The number of aryl methyl sites for hydroxylation is 1. The predicted octanol–water partition coefficient (Wildman–Crippen LogP) is 3.70. The van der Waals surface area contributed by atoms with Crippen LogP contribution in [0.25, 0.3) is 0 Å². The number of hydrogen-bond donors (Lipinski definition) is 2. The van der Waals surface area contributed by atoms with Crippen molar-refractivity contribution < 1.29 is 9.53 Å². The van der Waals surface area contributed by atoms with Gasteiger partial charge in [-0.15, -0.1) is 12.4 Å². The molecule has 5 nitrogen and oxygen atoms in total. The predicted molar refractivity (Wildman–Crippen MR) is 83.8 cm³/mol. The van der Waals surface area contributed by atoms with Gasteiger partial charge in [0.25, 0.3) is 0 Å². The van der Waals surface area contributed by atoms with E-state index >= 15 is 0 Å². The van der Waals surface area contributed by atoms with E-state index in [9.17, 15) is 4.79 Å². The fourth-order valence-electron chi connectivity index (χ4n) is 1.95. The summed E-state index contributed by atoms with van der Waals surface area (Å²) in [6.07, 6.45) is 6.10. The van der Waals surface area contributed by atoms with E-state index in [1.807, 2.05) is 6.92 Å². The number of aromatic nitrogens is 2. The van der Waals surface area contributed by atoms with Crippen LogP contribution in [0.3, 0.4) is 0 Å². The molecule has 0 radical (unpaired) electrons. The summed E-state index contributed by atoms with van der Waals surface area (Å²) in [5.41, 5.74) is 1.27. The summed E-state index contributed by atoms with van der Waals surface area (Å²) in [6, 6.07) is 0. The standard InChI is InChI=1S/C14H25N3O2.ClH/c1-4-6-7-8-9-10-15-13-12(11(3)16-17-13)14(18)19-5-2;/h4-10H2,1-3H3,(H2,15,16,17);1H. The number of esters is 1. The molecule has 1 aromatic rings. The molecule has 6 heteroatoms. The summed E-state index contributed by atoms with van der Waals surface area (Å²) in [5.74, 6) is 0.286. The largest absolute Gasteiger partial charge is 0.462 e. The van der Waals surface area contributed by atoms with E-state index in [0.717, 1.165) is 18.7 Å². The molecular weight excluding hydrogens is 278 g/mol. The lowest BCUT2D eigenvalue weighted by molar-refractivity contribution is 0.0526. The van der Waals surface area contributed by atoms with E-state index < -0.39 is 0 Å². The molecule has 1 heterocycles. The molecule has 116 valence electrons. The quantitative estimate of drug-likeness (QED) is 0.539.